The van der Waals surface area contributed by atoms with Gasteiger partial charge in [-0.05, 0) is 56.2 Å². The SMILES string of the molecule is CCC[C@@H](C)c1nc(N2CCCN(C(=O)COc3ccccc3)CC2)c2c(C)nn(-c3ccc(F)cc3)c2n1. The molecular weight excluding hydrogens is 495 g/mol. The summed E-state index contributed by atoms with van der Waals surface area (Å²) in [5.74, 6) is 2.17. The second kappa shape index (κ2) is 11.8. The highest BCUT2D eigenvalue weighted by Gasteiger charge is 2.26. The fourth-order valence-corrected chi connectivity index (χ4v) is 5.08. The van der Waals surface area contributed by atoms with Crippen molar-refractivity contribution in [3.8, 4) is 11.4 Å². The molecule has 1 aliphatic rings. The smallest absolute Gasteiger partial charge is 0.260 e. The van der Waals surface area contributed by atoms with E-state index in [0.29, 0.717) is 25.4 Å². The highest BCUT2D eigenvalue weighted by molar-refractivity contribution is 5.91. The second-order valence-corrected chi connectivity index (χ2v) is 10.1. The van der Waals surface area contributed by atoms with Crippen molar-refractivity contribution in [3.05, 3.63) is 71.9 Å². The maximum Gasteiger partial charge on any atom is 0.260 e. The number of fused-ring (bicyclic) bond motifs is 1. The van der Waals surface area contributed by atoms with Crippen molar-refractivity contribution in [3.63, 3.8) is 0 Å². The summed E-state index contributed by atoms with van der Waals surface area (Å²) < 4.78 is 21.1. The summed E-state index contributed by atoms with van der Waals surface area (Å²) in [5.41, 5.74) is 2.28. The monoisotopic (exact) mass is 530 g/mol. The molecule has 39 heavy (non-hydrogen) atoms. The molecular formula is C30H35FN6O2. The molecule has 1 amide bonds. The third kappa shape index (κ3) is 5.87. The molecule has 1 aliphatic heterocycles. The van der Waals surface area contributed by atoms with Crippen LogP contribution in [0.4, 0.5) is 10.2 Å². The number of aromatic nitrogens is 4. The predicted octanol–water partition coefficient (Wildman–Crippen LogP) is 5.28. The van der Waals surface area contributed by atoms with Gasteiger partial charge in [-0.15, -0.1) is 0 Å². The molecule has 1 saturated heterocycles. The molecule has 3 heterocycles. The minimum absolute atomic E-state index is 0.0179. The van der Waals surface area contributed by atoms with Gasteiger partial charge in [0.05, 0.1) is 16.8 Å². The van der Waals surface area contributed by atoms with Crippen molar-refractivity contribution in [2.24, 2.45) is 0 Å². The number of rotatable bonds is 8. The van der Waals surface area contributed by atoms with Crippen LogP contribution in [0.5, 0.6) is 5.75 Å². The summed E-state index contributed by atoms with van der Waals surface area (Å²) in [6.07, 6.45) is 2.81. The lowest BCUT2D eigenvalue weighted by molar-refractivity contribution is -0.133. The van der Waals surface area contributed by atoms with Crippen LogP contribution in [0.25, 0.3) is 16.7 Å². The van der Waals surface area contributed by atoms with Gasteiger partial charge in [-0.25, -0.2) is 19.0 Å². The van der Waals surface area contributed by atoms with Gasteiger partial charge in [-0.3, -0.25) is 4.79 Å². The number of carbonyl (C=O) groups is 1. The lowest BCUT2D eigenvalue weighted by Gasteiger charge is -2.24. The van der Waals surface area contributed by atoms with Crippen molar-refractivity contribution in [2.75, 3.05) is 37.7 Å². The van der Waals surface area contributed by atoms with Gasteiger partial charge < -0.3 is 14.5 Å². The summed E-state index contributed by atoms with van der Waals surface area (Å²) >= 11 is 0. The molecule has 8 nitrogen and oxygen atoms in total. The van der Waals surface area contributed by atoms with Crippen LogP contribution in [0.2, 0.25) is 0 Å². The van der Waals surface area contributed by atoms with E-state index >= 15 is 0 Å². The van der Waals surface area contributed by atoms with E-state index in [-0.39, 0.29) is 24.2 Å². The lowest BCUT2D eigenvalue weighted by atomic mass is 10.1. The number of halogens is 1. The highest BCUT2D eigenvalue weighted by atomic mass is 19.1. The van der Waals surface area contributed by atoms with Crippen LogP contribution in [-0.2, 0) is 4.79 Å². The third-order valence-corrected chi connectivity index (χ3v) is 7.19. The average molecular weight is 531 g/mol. The Hall–Kier alpha value is -4.01. The summed E-state index contributed by atoms with van der Waals surface area (Å²) in [7, 11) is 0. The molecule has 1 fully saturated rings. The van der Waals surface area contributed by atoms with E-state index in [1.165, 1.54) is 12.1 Å². The Labute approximate surface area is 228 Å². The lowest BCUT2D eigenvalue weighted by Crippen LogP contribution is -2.38. The number of nitrogens with zero attached hydrogens (tertiary/aromatic N) is 6. The molecule has 4 aromatic rings. The van der Waals surface area contributed by atoms with Gasteiger partial charge in [0.1, 0.15) is 23.2 Å². The van der Waals surface area contributed by atoms with E-state index < -0.39 is 0 Å². The second-order valence-electron chi connectivity index (χ2n) is 10.1. The Bertz CT molecular complexity index is 1420. The Kier molecular flexibility index (Phi) is 8.05. The van der Waals surface area contributed by atoms with E-state index in [2.05, 4.69) is 18.7 Å². The first-order valence-corrected chi connectivity index (χ1v) is 13.7. The molecule has 0 radical (unpaired) electrons. The number of para-hydroxylation sites is 1. The molecule has 0 saturated carbocycles. The summed E-state index contributed by atoms with van der Waals surface area (Å²) in [6, 6.07) is 15.7. The molecule has 9 heteroatoms. The van der Waals surface area contributed by atoms with Gasteiger partial charge in [0.15, 0.2) is 12.3 Å². The van der Waals surface area contributed by atoms with Crippen LogP contribution in [-0.4, -0.2) is 63.3 Å². The zero-order chi connectivity index (χ0) is 27.4. The van der Waals surface area contributed by atoms with Crippen molar-refractivity contribution >= 4 is 22.8 Å². The number of benzene rings is 2. The first kappa shape index (κ1) is 26.6. The number of ether oxygens (including phenoxy) is 1. The Morgan fingerprint density at radius 3 is 2.54 bits per heavy atom. The number of aryl methyl sites for hydroxylation is 1. The maximum atomic E-state index is 13.6. The van der Waals surface area contributed by atoms with Crippen LogP contribution in [0.15, 0.2) is 54.6 Å². The van der Waals surface area contributed by atoms with Gasteiger partial charge in [0.25, 0.3) is 5.91 Å². The van der Waals surface area contributed by atoms with Gasteiger partial charge in [-0.1, -0.05) is 38.5 Å². The highest BCUT2D eigenvalue weighted by Crippen LogP contribution is 2.32. The molecule has 0 aliphatic carbocycles. The van der Waals surface area contributed by atoms with Crippen molar-refractivity contribution < 1.29 is 13.9 Å². The number of amides is 1. The molecule has 2 aromatic carbocycles. The largest absolute Gasteiger partial charge is 0.484 e. The van der Waals surface area contributed by atoms with Crippen LogP contribution in [0.3, 0.4) is 0 Å². The summed E-state index contributed by atoms with van der Waals surface area (Å²) in [6.45, 7) is 8.93. The molecule has 204 valence electrons. The fraction of sp³-hybridized carbons (Fsp3) is 0.400. The van der Waals surface area contributed by atoms with Gasteiger partial charge in [0.2, 0.25) is 0 Å². The van der Waals surface area contributed by atoms with Gasteiger partial charge in [0, 0.05) is 32.1 Å². The zero-order valence-electron chi connectivity index (χ0n) is 22.8. The molecule has 0 spiro atoms. The van der Waals surface area contributed by atoms with Crippen LogP contribution in [0.1, 0.15) is 50.5 Å². The molecule has 5 rings (SSSR count). The van der Waals surface area contributed by atoms with Gasteiger partial charge >= 0.3 is 0 Å². The number of hydrogen-bond acceptors (Lipinski definition) is 6. The van der Waals surface area contributed by atoms with Crippen LogP contribution in [0, 0.1) is 12.7 Å². The maximum absolute atomic E-state index is 13.6. The number of carbonyl (C=O) groups excluding carboxylic acids is 1. The molecule has 1 atom stereocenters. The minimum Gasteiger partial charge on any atom is -0.484 e. The quantitative estimate of drug-likeness (QED) is 0.308. The molecule has 0 unspecified atom stereocenters. The molecule has 2 aromatic heterocycles. The number of hydrogen-bond donors (Lipinski definition) is 0. The minimum atomic E-state index is -0.294. The summed E-state index contributed by atoms with van der Waals surface area (Å²) in [4.78, 5) is 27.1. The van der Waals surface area contributed by atoms with E-state index in [9.17, 15) is 9.18 Å². The summed E-state index contributed by atoms with van der Waals surface area (Å²) in [5, 5.41) is 5.68. The Morgan fingerprint density at radius 2 is 1.79 bits per heavy atom. The predicted molar refractivity (Wildman–Crippen MR) is 150 cm³/mol. The topological polar surface area (TPSA) is 76.4 Å². The van der Waals surface area contributed by atoms with Crippen molar-refractivity contribution in [2.45, 2.75) is 46.0 Å². The van der Waals surface area contributed by atoms with Crippen molar-refractivity contribution in [1.29, 1.82) is 0 Å². The van der Waals surface area contributed by atoms with E-state index in [4.69, 9.17) is 19.8 Å². The molecule has 0 bridgehead atoms. The van der Waals surface area contributed by atoms with E-state index in [1.54, 1.807) is 16.8 Å². The fourth-order valence-electron chi connectivity index (χ4n) is 5.08. The number of anilines is 1. The third-order valence-electron chi connectivity index (χ3n) is 7.19. The van der Waals surface area contributed by atoms with Gasteiger partial charge in [-0.2, -0.15) is 5.10 Å². The normalized spacial score (nSPS) is 14.9. The van der Waals surface area contributed by atoms with E-state index in [1.807, 2.05) is 42.2 Å². The average Bonchev–Trinajstić information content (AvgIpc) is 3.11. The Morgan fingerprint density at radius 1 is 1.03 bits per heavy atom. The first-order valence-electron chi connectivity index (χ1n) is 13.7. The van der Waals surface area contributed by atoms with E-state index in [0.717, 1.165) is 59.9 Å². The first-order chi connectivity index (χ1) is 18.9. The van der Waals surface area contributed by atoms with Crippen LogP contribution < -0.4 is 9.64 Å². The van der Waals surface area contributed by atoms with Crippen LogP contribution >= 0.6 is 0 Å². The Balaban J connectivity index is 1.44. The molecule has 0 N–H and O–H groups in total. The standard InChI is InChI=1S/C30H35FN6O2/c1-4-9-21(2)28-32-29(27-22(3)34-37(30(27)33-28)24-14-12-23(31)13-15-24)36-17-8-16-35(18-19-36)26(38)20-39-25-10-6-5-7-11-25/h5-7,10-15,21H,4,8-9,16-20H2,1-3H3/t21-/m1/s1. The zero-order valence-corrected chi connectivity index (χ0v) is 22.8. The van der Waals surface area contributed by atoms with Crippen molar-refractivity contribution in [1.82, 2.24) is 24.6 Å².